The minimum atomic E-state index is -0.155. The Morgan fingerprint density at radius 2 is 2.16 bits per heavy atom. The summed E-state index contributed by atoms with van der Waals surface area (Å²) in [5, 5.41) is 0. The Morgan fingerprint density at radius 1 is 1.42 bits per heavy atom. The van der Waals surface area contributed by atoms with Gasteiger partial charge in [-0.15, -0.1) is 0 Å². The minimum Gasteiger partial charge on any atom is -0.494 e. The van der Waals surface area contributed by atoms with E-state index >= 15 is 0 Å². The van der Waals surface area contributed by atoms with Crippen molar-refractivity contribution >= 4 is 5.91 Å². The van der Waals surface area contributed by atoms with Gasteiger partial charge in [0, 0.05) is 12.5 Å². The summed E-state index contributed by atoms with van der Waals surface area (Å²) in [5.74, 6) is 0.830. The van der Waals surface area contributed by atoms with E-state index in [9.17, 15) is 4.79 Å². The van der Waals surface area contributed by atoms with Crippen LogP contribution in [0.25, 0.3) is 0 Å². The van der Waals surface area contributed by atoms with Crippen LogP contribution < -0.4 is 10.5 Å². The third kappa shape index (κ3) is 3.96. The number of likely N-dealkylation sites (tertiary alicyclic amines) is 1. The van der Waals surface area contributed by atoms with Crippen LogP contribution in [0.5, 0.6) is 5.75 Å². The van der Waals surface area contributed by atoms with Crippen LogP contribution in [0.1, 0.15) is 25.3 Å². The zero-order valence-electron chi connectivity index (χ0n) is 11.5. The number of ether oxygens (including phenoxy) is 1. The third-order valence-electron chi connectivity index (χ3n) is 3.61. The van der Waals surface area contributed by atoms with Crippen LogP contribution >= 0.6 is 0 Å². The molecule has 0 aromatic heterocycles. The first-order valence-corrected chi connectivity index (χ1v) is 6.92. The van der Waals surface area contributed by atoms with Gasteiger partial charge in [0.15, 0.2) is 0 Å². The molecule has 0 radical (unpaired) electrons. The molecular weight excluding hydrogens is 240 g/mol. The fraction of sp³-hybridized carbons (Fsp3) is 0.533. The second-order valence-electron chi connectivity index (χ2n) is 5.03. The lowest BCUT2D eigenvalue weighted by atomic mass is 9.96. The summed E-state index contributed by atoms with van der Waals surface area (Å²) in [7, 11) is 0. The molecule has 0 bridgehead atoms. The molecule has 0 unspecified atom stereocenters. The Bertz CT molecular complexity index is 426. The fourth-order valence-electron chi connectivity index (χ4n) is 2.53. The number of carbonyl (C=O) groups is 1. The van der Waals surface area contributed by atoms with Crippen molar-refractivity contribution in [1.82, 2.24) is 4.90 Å². The molecule has 2 rings (SSSR count). The van der Waals surface area contributed by atoms with Crippen molar-refractivity contribution in [1.29, 1.82) is 0 Å². The zero-order chi connectivity index (χ0) is 13.7. The van der Waals surface area contributed by atoms with E-state index in [1.807, 2.05) is 19.1 Å². The average Bonchev–Trinajstić information content (AvgIpc) is 2.40. The highest BCUT2D eigenvalue weighted by molar-refractivity contribution is 5.76. The lowest BCUT2D eigenvalue weighted by molar-refractivity contribution is -0.123. The molecule has 1 fully saturated rings. The maximum absolute atomic E-state index is 11.1. The summed E-state index contributed by atoms with van der Waals surface area (Å²) >= 11 is 0. The van der Waals surface area contributed by atoms with Gasteiger partial charge in [0.1, 0.15) is 5.75 Å². The van der Waals surface area contributed by atoms with Gasteiger partial charge in [-0.3, -0.25) is 9.69 Å². The Kier molecular flexibility index (Phi) is 4.80. The minimum absolute atomic E-state index is 0.0611. The standard InChI is InChI=1S/C15H22N2O2/c1-2-19-14-5-3-4-12(10-14)11-17-8-6-13(7-9-17)15(16)18/h3-5,10,13H,2,6-9,11H2,1H3,(H2,16,18). The van der Waals surface area contributed by atoms with Gasteiger partial charge in [0.25, 0.3) is 0 Å². The number of rotatable bonds is 5. The van der Waals surface area contributed by atoms with Crippen LogP contribution in [-0.2, 0) is 11.3 Å². The van der Waals surface area contributed by atoms with Crippen molar-refractivity contribution in [3.05, 3.63) is 29.8 Å². The number of primary amides is 1. The van der Waals surface area contributed by atoms with Crippen molar-refractivity contribution in [3.8, 4) is 5.75 Å². The molecule has 104 valence electrons. The van der Waals surface area contributed by atoms with Crippen molar-refractivity contribution in [2.24, 2.45) is 11.7 Å². The first kappa shape index (κ1) is 13.9. The SMILES string of the molecule is CCOc1cccc(CN2CCC(C(N)=O)CC2)c1. The number of amides is 1. The number of nitrogens with two attached hydrogens (primary N) is 1. The summed E-state index contributed by atoms with van der Waals surface area (Å²) in [6.45, 7) is 5.46. The molecule has 1 amide bonds. The highest BCUT2D eigenvalue weighted by atomic mass is 16.5. The van der Waals surface area contributed by atoms with E-state index in [0.29, 0.717) is 6.61 Å². The Balaban J connectivity index is 1.88. The summed E-state index contributed by atoms with van der Waals surface area (Å²) in [6.07, 6.45) is 1.75. The second-order valence-corrected chi connectivity index (χ2v) is 5.03. The van der Waals surface area contributed by atoms with Crippen molar-refractivity contribution in [3.63, 3.8) is 0 Å². The highest BCUT2D eigenvalue weighted by Crippen LogP contribution is 2.20. The second kappa shape index (κ2) is 6.57. The van der Waals surface area contributed by atoms with Gasteiger partial charge in [-0.1, -0.05) is 12.1 Å². The number of hydrogen-bond acceptors (Lipinski definition) is 3. The van der Waals surface area contributed by atoms with E-state index in [2.05, 4.69) is 17.0 Å². The van der Waals surface area contributed by atoms with Crippen LogP contribution in [0.4, 0.5) is 0 Å². The lowest BCUT2D eigenvalue weighted by Gasteiger charge is -2.30. The molecule has 2 N–H and O–H groups in total. The predicted octanol–water partition coefficient (Wildman–Crippen LogP) is 1.78. The monoisotopic (exact) mass is 262 g/mol. The lowest BCUT2D eigenvalue weighted by Crippen LogP contribution is -2.38. The van der Waals surface area contributed by atoms with Crippen LogP contribution in [0.2, 0.25) is 0 Å². The van der Waals surface area contributed by atoms with E-state index in [-0.39, 0.29) is 11.8 Å². The molecular formula is C15H22N2O2. The van der Waals surface area contributed by atoms with Crippen LogP contribution in [0.15, 0.2) is 24.3 Å². The van der Waals surface area contributed by atoms with Crippen molar-refractivity contribution in [2.75, 3.05) is 19.7 Å². The number of hydrogen-bond donors (Lipinski definition) is 1. The van der Waals surface area contributed by atoms with Gasteiger partial charge >= 0.3 is 0 Å². The zero-order valence-corrected chi connectivity index (χ0v) is 11.5. The van der Waals surface area contributed by atoms with Gasteiger partial charge in [-0.25, -0.2) is 0 Å². The molecule has 0 saturated carbocycles. The molecule has 0 spiro atoms. The van der Waals surface area contributed by atoms with E-state index in [1.54, 1.807) is 0 Å². The first-order chi connectivity index (χ1) is 9.19. The normalized spacial score (nSPS) is 17.3. The number of benzene rings is 1. The van der Waals surface area contributed by atoms with Crippen molar-refractivity contribution < 1.29 is 9.53 Å². The molecule has 1 heterocycles. The molecule has 0 aliphatic carbocycles. The van der Waals surface area contributed by atoms with Gasteiger partial charge < -0.3 is 10.5 Å². The molecule has 1 aromatic carbocycles. The molecule has 4 nitrogen and oxygen atoms in total. The summed E-state index contributed by atoms with van der Waals surface area (Å²) < 4.78 is 5.50. The smallest absolute Gasteiger partial charge is 0.220 e. The number of nitrogens with zero attached hydrogens (tertiary/aromatic N) is 1. The number of piperidine rings is 1. The molecule has 4 heteroatoms. The van der Waals surface area contributed by atoms with Gasteiger partial charge in [0.2, 0.25) is 5.91 Å². The fourth-order valence-corrected chi connectivity index (χ4v) is 2.53. The maximum Gasteiger partial charge on any atom is 0.220 e. The topological polar surface area (TPSA) is 55.6 Å². The van der Waals surface area contributed by atoms with Gasteiger partial charge in [-0.2, -0.15) is 0 Å². The average molecular weight is 262 g/mol. The molecule has 19 heavy (non-hydrogen) atoms. The molecule has 1 aliphatic heterocycles. The summed E-state index contributed by atoms with van der Waals surface area (Å²) in [5.41, 5.74) is 6.60. The molecule has 1 saturated heterocycles. The van der Waals surface area contributed by atoms with Crippen molar-refractivity contribution in [2.45, 2.75) is 26.3 Å². The maximum atomic E-state index is 11.1. The Morgan fingerprint density at radius 3 is 2.79 bits per heavy atom. The largest absolute Gasteiger partial charge is 0.494 e. The first-order valence-electron chi connectivity index (χ1n) is 6.92. The molecule has 0 atom stereocenters. The van der Waals surface area contributed by atoms with Gasteiger partial charge in [-0.05, 0) is 50.6 Å². The van der Waals surface area contributed by atoms with E-state index in [1.165, 1.54) is 5.56 Å². The highest BCUT2D eigenvalue weighted by Gasteiger charge is 2.22. The van der Waals surface area contributed by atoms with Crippen LogP contribution in [0.3, 0.4) is 0 Å². The van der Waals surface area contributed by atoms with Gasteiger partial charge in [0.05, 0.1) is 6.61 Å². The Hall–Kier alpha value is -1.55. The van der Waals surface area contributed by atoms with Crippen LogP contribution in [-0.4, -0.2) is 30.5 Å². The number of carbonyl (C=O) groups excluding carboxylic acids is 1. The quantitative estimate of drug-likeness (QED) is 0.880. The third-order valence-corrected chi connectivity index (χ3v) is 3.61. The molecule has 1 aliphatic rings. The summed E-state index contributed by atoms with van der Waals surface area (Å²) in [6, 6.07) is 8.20. The van der Waals surface area contributed by atoms with Crippen LogP contribution in [0, 0.1) is 5.92 Å². The Labute approximate surface area is 114 Å². The summed E-state index contributed by atoms with van der Waals surface area (Å²) in [4.78, 5) is 13.5. The van der Waals surface area contributed by atoms with E-state index in [0.717, 1.165) is 38.2 Å². The van der Waals surface area contributed by atoms with E-state index < -0.39 is 0 Å². The van der Waals surface area contributed by atoms with E-state index in [4.69, 9.17) is 10.5 Å². The molecule has 1 aromatic rings. The predicted molar refractivity (Wildman–Crippen MR) is 74.8 cm³/mol.